The number of carbonyl (C=O) groups is 1. The minimum atomic E-state index is -0.170. The van der Waals surface area contributed by atoms with Gasteiger partial charge >= 0.3 is 12.0 Å². The molecule has 1 rings (SSSR count). The van der Waals surface area contributed by atoms with E-state index in [0.717, 1.165) is 12.8 Å². The van der Waals surface area contributed by atoms with Crippen molar-refractivity contribution in [2.24, 2.45) is 0 Å². The van der Waals surface area contributed by atoms with Gasteiger partial charge in [-0.15, -0.1) is 0 Å². The predicted molar refractivity (Wildman–Crippen MR) is 55.0 cm³/mol. The largest absolute Gasteiger partial charge is 0.466 e. The van der Waals surface area contributed by atoms with Gasteiger partial charge in [-0.05, 0) is 26.7 Å². The predicted octanol–water partition coefficient (Wildman–Crippen LogP) is 1.49. The number of rotatable bonds is 7. The monoisotopic (exact) mass is 228 g/mol. The molecule has 0 aliphatic rings. The van der Waals surface area contributed by atoms with Crippen LogP contribution in [0.4, 0.5) is 0 Å². The van der Waals surface area contributed by atoms with Crippen molar-refractivity contribution in [2.45, 2.75) is 33.1 Å². The third kappa shape index (κ3) is 4.77. The molecule has 0 spiro atoms. The average Bonchev–Trinajstić information content (AvgIpc) is 2.64. The molecule has 0 aromatic carbocycles. The number of unbranched alkanes of at least 4 members (excludes halogenated alkanes) is 1. The van der Waals surface area contributed by atoms with Gasteiger partial charge in [-0.3, -0.25) is 9.32 Å². The average molecular weight is 228 g/mol. The molecule has 6 nitrogen and oxygen atoms in total. The molecule has 0 fully saturated rings. The number of hydrogen-bond donors (Lipinski definition) is 0. The van der Waals surface area contributed by atoms with E-state index in [9.17, 15) is 4.79 Å². The molecule has 90 valence electrons. The molecular formula is C10H16N2O4. The highest BCUT2D eigenvalue weighted by atomic mass is 16.6. The van der Waals surface area contributed by atoms with Crippen molar-refractivity contribution in [3.8, 4) is 6.08 Å². The van der Waals surface area contributed by atoms with Crippen LogP contribution in [0.3, 0.4) is 0 Å². The molecule has 0 N–H and O–H groups in total. The van der Waals surface area contributed by atoms with Gasteiger partial charge in [0.1, 0.15) is 0 Å². The lowest BCUT2D eigenvalue weighted by Gasteiger charge is -2.01. The van der Waals surface area contributed by atoms with Crippen LogP contribution in [0, 0.1) is 6.92 Å². The first-order valence-corrected chi connectivity index (χ1v) is 5.31. The maximum absolute atomic E-state index is 11.0. The summed E-state index contributed by atoms with van der Waals surface area (Å²) in [6.45, 7) is 4.40. The summed E-state index contributed by atoms with van der Waals surface area (Å²) in [6.07, 6.45) is 2.07. The summed E-state index contributed by atoms with van der Waals surface area (Å²) < 4.78 is 14.7. The van der Waals surface area contributed by atoms with Crippen molar-refractivity contribution >= 4 is 5.97 Å². The molecule has 0 amide bonds. The van der Waals surface area contributed by atoms with E-state index in [1.165, 1.54) is 0 Å². The molecule has 0 bridgehead atoms. The number of aryl methyl sites for hydroxylation is 1. The first-order valence-electron chi connectivity index (χ1n) is 5.31. The van der Waals surface area contributed by atoms with Gasteiger partial charge in [-0.25, -0.2) is 0 Å². The fourth-order valence-corrected chi connectivity index (χ4v) is 1.10. The minimum Gasteiger partial charge on any atom is -0.466 e. The molecule has 16 heavy (non-hydrogen) atoms. The zero-order valence-electron chi connectivity index (χ0n) is 9.56. The number of hydrogen-bond acceptors (Lipinski definition) is 6. The lowest BCUT2D eigenvalue weighted by Crippen LogP contribution is -2.05. The third-order valence-electron chi connectivity index (χ3n) is 1.82. The Labute approximate surface area is 93.9 Å². The van der Waals surface area contributed by atoms with Gasteiger partial charge in [0.05, 0.1) is 13.2 Å². The zero-order valence-corrected chi connectivity index (χ0v) is 9.56. The summed E-state index contributed by atoms with van der Waals surface area (Å²) in [5, 5.41) is 3.58. The second kappa shape index (κ2) is 6.81. The van der Waals surface area contributed by atoms with Crippen LogP contribution < -0.4 is 4.74 Å². The Hall–Kier alpha value is -1.59. The highest BCUT2D eigenvalue weighted by molar-refractivity contribution is 5.69. The number of esters is 1. The maximum atomic E-state index is 11.0. The Balaban J connectivity index is 2.02. The van der Waals surface area contributed by atoms with Crippen molar-refractivity contribution < 1.29 is 18.8 Å². The van der Waals surface area contributed by atoms with Gasteiger partial charge in [0.2, 0.25) is 0 Å². The lowest BCUT2D eigenvalue weighted by atomic mass is 10.2. The first kappa shape index (κ1) is 12.5. The summed E-state index contributed by atoms with van der Waals surface area (Å²) in [4.78, 5) is 14.9. The highest BCUT2D eigenvalue weighted by Gasteiger charge is 2.04. The van der Waals surface area contributed by atoms with E-state index >= 15 is 0 Å². The summed E-state index contributed by atoms with van der Waals surface area (Å²) in [6, 6.07) is 0. The van der Waals surface area contributed by atoms with Gasteiger partial charge in [-0.1, -0.05) is 5.16 Å². The van der Waals surface area contributed by atoms with Crippen LogP contribution in [-0.2, 0) is 9.53 Å². The number of carbonyl (C=O) groups excluding carboxylic acids is 1. The summed E-state index contributed by atoms with van der Waals surface area (Å²) >= 11 is 0. The summed E-state index contributed by atoms with van der Waals surface area (Å²) in [5.41, 5.74) is 0. The molecule has 0 radical (unpaired) electrons. The SMILES string of the molecule is CCOC(=O)CCCCOc1nc(C)no1. The van der Waals surface area contributed by atoms with Crippen molar-refractivity contribution in [1.82, 2.24) is 10.1 Å². The minimum absolute atomic E-state index is 0.170. The summed E-state index contributed by atoms with van der Waals surface area (Å²) in [5.74, 6) is 0.373. The molecule has 1 aromatic heterocycles. The third-order valence-corrected chi connectivity index (χ3v) is 1.82. The van der Waals surface area contributed by atoms with Crippen molar-refractivity contribution in [1.29, 1.82) is 0 Å². The molecule has 1 heterocycles. The standard InChI is InChI=1S/C10H16N2O4/c1-3-14-9(13)6-4-5-7-15-10-11-8(2)12-16-10/h3-7H2,1-2H3. The molecule has 6 heteroatoms. The smallest absolute Gasteiger partial charge is 0.417 e. The van der Waals surface area contributed by atoms with E-state index in [1.54, 1.807) is 13.8 Å². The normalized spacial score (nSPS) is 10.1. The van der Waals surface area contributed by atoms with Gasteiger partial charge in [0, 0.05) is 6.42 Å². The Kier molecular flexibility index (Phi) is 5.31. The second-order valence-corrected chi connectivity index (χ2v) is 3.22. The van der Waals surface area contributed by atoms with Crippen LogP contribution >= 0.6 is 0 Å². The molecule has 0 atom stereocenters. The van der Waals surface area contributed by atoms with E-state index in [-0.39, 0.29) is 12.0 Å². The molecule has 0 saturated carbocycles. The molecule has 0 saturated heterocycles. The quantitative estimate of drug-likeness (QED) is 0.520. The van der Waals surface area contributed by atoms with E-state index in [1.807, 2.05) is 0 Å². The van der Waals surface area contributed by atoms with Crippen LogP contribution in [-0.4, -0.2) is 29.3 Å². The van der Waals surface area contributed by atoms with E-state index in [2.05, 4.69) is 10.1 Å². The van der Waals surface area contributed by atoms with Crippen LogP contribution in [0.5, 0.6) is 6.08 Å². The lowest BCUT2D eigenvalue weighted by molar-refractivity contribution is -0.143. The van der Waals surface area contributed by atoms with Gasteiger partial charge in [-0.2, -0.15) is 4.98 Å². The molecule has 0 aliphatic carbocycles. The number of aromatic nitrogens is 2. The first-order chi connectivity index (χ1) is 7.72. The Morgan fingerprint density at radius 1 is 1.44 bits per heavy atom. The van der Waals surface area contributed by atoms with E-state index in [4.69, 9.17) is 14.0 Å². The molecule has 1 aromatic rings. The van der Waals surface area contributed by atoms with Gasteiger partial charge in [0.25, 0.3) is 0 Å². The van der Waals surface area contributed by atoms with E-state index in [0.29, 0.717) is 25.5 Å². The zero-order chi connectivity index (χ0) is 11.8. The van der Waals surface area contributed by atoms with Crippen LogP contribution in [0.25, 0.3) is 0 Å². The maximum Gasteiger partial charge on any atom is 0.417 e. The van der Waals surface area contributed by atoms with Gasteiger partial charge in [0.15, 0.2) is 5.82 Å². The Morgan fingerprint density at radius 2 is 2.25 bits per heavy atom. The summed E-state index contributed by atoms with van der Waals surface area (Å²) in [7, 11) is 0. The van der Waals surface area contributed by atoms with Crippen molar-refractivity contribution in [3.63, 3.8) is 0 Å². The van der Waals surface area contributed by atoms with E-state index < -0.39 is 0 Å². The van der Waals surface area contributed by atoms with Crippen LogP contribution in [0.2, 0.25) is 0 Å². The molecule has 0 aliphatic heterocycles. The highest BCUT2D eigenvalue weighted by Crippen LogP contribution is 2.06. The topological polar surface area (TPSA) is 74.5 Å². The van der Waals surface area contributed by atoms with Crippen LogP contribution in [0.15, 0.2) is 4.52 Å². The molecular weight excluding hydrogens is 212 g/mol. The number of ether oxygens (including phenoxy) is 2. The van der Waals surface area contributed by atoms with Crippen LogP contribution in [0.1, 0.15) is 32.0 Å². The second-order valence-electron chi connectivity index (χ2n) is 3.22. The fourth-order valence-electron chi connectivity index (χ4n) is 1.10. The Bertz CT molecular complexity index is 324. The fraction of sp³-hybridized carbons (Fsp3) is 0.700. The van der Waals surface area contributed by atoms with Gasteiger partial charge < -0.3 is 9.47 Å². The van der Waals surface area contributed by atoms with Crippen molar-refractivity contribution in [3.05, 3.63) is 5.82 Å². The molecule has 0 unspecified atom stereocenters. The Morgan fingerprint density at radius 3 is 2.88 bits per heavy atom. The van der Waals surface area contributed by atoms with Crippen molar-refractivity contribution in [2.75, 3.05) is 13.2 Å². The number of nitrogens with zero attached hydrogens (tertiary/aromatic N) is 2.